The summed E-state index contributed by atoms with van der Waals surface area (Å²) in [6, 6.07) is 6.77. The molecule has 0 saturated carbocycles. The van der Waals surface area contributed by atoms with Crippen LogP contribution in [0.2, 0.25) is 5.02 Å². The Morgan fingerprint density at radius 3 is 2.21 bits per heavy atom. The van der Waals surface area contributed by atoms with Gasteiger partial charge in [0.15, 0.2) is 6.61 Å². The number of ether oxygens (including phenoxy) is 2. The Balaban J connectivity index is 1.43. The highest BCUT2D eigenvalue weighted by molar-refractivity contribution is 6.30. The predicted molar refractivity (Wildman–Crippen MR) is 108 cm³/mol. The highest BCUT2D eigenvalue weighted by Gasteiger charge is 2.30. The van der Waals surface area contributed by atoms with Crippen LogP contribution in [0, 0.1) is 5.92 Å². The first-order valence-electron chi connectivity index (χ1n) is 9.98. The molecule has 2 saturated heterocycles. The molecule has 29 heavy (non-hydrogen) atoms. The Morgan fingerprint density at radius 1 is 1.03 bits per heavy atom. The third-order valence-corrected chi connectivity index (χ3v) is 5.57. The van der Waals surface area contributed by atoms with Crippen molar-refractivity contribution in [3.63, 3.8) is 0 Å². The van der Waals surface area contributed by atoms with Gasteiger partial charge in [-0.25, -0.2) is 0 Å². The highest BCUT2D eigenvalue weighted by Crippen LogP contribution is 2.21. The molecular weight excluding hydrogens is 396 g/mol. The van der Waals surface area contributed by atoms with E-state index >= 15 is 0 Å². The van der Waals surface area contributed by atoms with Gasteiger partial charge in [0, 0.05) is 36.8 Å². The molecule has 0 aromatic heterocycles. The summed E-state index contributed by atoms with van der Waals surface area (Å²) in [5, 5.41) is 0.582. The first kappa shape index (κ1) is 21.6. The van der Waals surface area contributed by atoms with Crippen LogP contribution in [0.1, 0.15) is 37.0 Å². The summed E-state index contributed by atoms with van der Waals surface area (Å²) in [6.45, 7) is 5.56. The topological polar surface area (TPSA) is 76.2 Å². The van der Waals surface area contributed by atoms with Crippen LogP contribution < -0.4 is 0 Å². The Hall–Kier alpha value is -2.12. The van der Waals surface area contributed by atoms with Crippen molar-refractivity contribution in [2.75, 3.05) is 32.8 Å². The van der Waals surface area contributed by atoms with E-state index in [0.29, 0.717) is 49.6 Å². The third kappa shape index (κ3) is 5.70. The van der Waals surface area contributed by atoms with Gasteiger partial charge in [-0.2, -0.15) is 0 Å². The number of amides is 2. The minimum absolute atomic E-state index is 0.0269. The Bertz CT molecular complexity index is 736. The number of benzene rings is 1. The van der Waals surface area contributed by atoms with Crippen molar-refractivity contribution in [1.82, 2.24) is 9.80 Å². The van der Waals surface area contributed by atoms with E-state index in [2.05, 4.69) is 0 Å². The van der Waals surface area contributed by atoms with Gasteiger partial charge in [0.1, 0.15) is 0 Å². The van der Waals surface area contributed by atoms with E-state index in [1.165, 1.54) is 0 Å². The lowest BCUT2D eigenvalue weighted by atomic mass is 9.96. The van der Waals surface area contributed by atoms with Crippen molar-refractivity contribution in [2.45, 2.75) is 38.9 Å². The molecule has 3 rings (SSSR count). The number of morpholine rings is 1. The number of carbonyl (C=O) groups excluding carboxylic acids is 3. The fraction of sp³-hybridized carbons (Fsp3) is 0.571. The molecule has 1 aromatic rings. The zero-order chi connectivity index (χ0) is 21.0. The molecule has 0 spiro atoms. The fourth-order valence-corrected chi connectivity index (χ4v) is 3.94. The standard InChI is InChI=1S/C21H27ClN2O5/c1-14-11-24(12-15(2)29-14)19(25)13-28-21(27)17-7-9-23(10-8-17)20(26)16-3-5-18(22)6-4-16/h3-6,14-15,17H,7-13H2,1-2H3/t14-,15+. The SMILES string of the molecule is C[C@@H]1CN(C(=O)COC(=O)C2CCN(C(=O)c3ccc(Cl)cc3)CC2)C[C@H](C)O1. The lowest BCUT2D eigenvalue weighted by Crippen LogP contribution is -2.49. The van der Waals surface area contributed by atoms with Crippen LogP contribution in [0.3, 0.4) is 0 Å². The molecule has 2 fully saturated rings. The number of likely N-dealkylation sites (tertiary alicyclic amines) is 1. The predicted octanol–water partition coefficient (Wildman–Crippen LogP) is 2.37. The molecule has 2 atom stereocenters. The molecule has 2 heterocycles. The molecule has 2 aliphatic heterocycles. The summed E-state index contributed by atoms with van der Waals surface area (Å²) >= 11 is 5.86. The van der Waals surface area contributed by atoms with Gasteiger partial charge in [-0.15, -0.1) is 0 Å². The van der Waals surface area contributed by atoms with E-state index in [-0.39, 0.29) is 42.5 Å². The van der Waals surface area contributed by atoms with E-state index in [4.69, 9.17) is 21.1 Å². The van der Waals surface area contributed by atoms with Gasteiger partial charge in [-0.3, -0.25) is 14.4 Å². The van der Waals surface area contributed by atoms with Crippen LogP contribution in [-0.4, -0.2) is 72.6 Å². The van der Waals surface area contributed by atoms with Crippen molar-refractivity contribution in [3.05, 3.63) is 34.9 Å². The second-order valence-corrected chi connectivity index (χ2v) is 8.17. The molecule has 158 valence electrons. The molecule has 2 amide bonds. The first-order valence-corrected chi connectivity index (χ1v) is 10.4. The maximum absolute atomic E-state index is 12.5. The van der Waals surface area contributed by atoms with Crippen molar-refractivity contribution in [3.8, 4) is 0 Å². The summed E-state index contributed by atoms with van der Waals surface area (Å²) < 4.78 is 10.9. The summed E-state index contributed by atoms with van der Waals surface area (Å²) in [5.74, 6) is -0.930. The number of halogens is 1. The van der Waals surface area contributed by atoms with Crippen molar-refractivity contribution in [2.24, 2.45) is 5.92 Å². The lowest BCUT2D eigenvalue weighted by molar-refractivity contribution is -0.160. The number of nitrogens with zero attached hydrogens (tertiary/aromatic N) is 2. The van der Waals surface area contributed by atoms with Crippen molar-refractivity contribution >= 4 is 29.4 Å². The third-order valence-electron chi connectivity index (χ3n) is 5.32. The van der Waals surface area contributed by atoms with Crippen LogP contribution in [0.5, 0.6) is 0 Å². The van der Waals surface area contributed by atoms with Crippen LogP contribution >= 0.6 is 11.6 Å². The van der Waals surface area contributed by atoms with Gasteiger partial charge in [-0.1, -0.05) is 11.6 Å². The van der Waals surface area contributed by atoms with Gasteiger partial charge in [-0.05, 0) is 51.0 Å². The Morgan fingerprint density at radius 2 is 1.62 bits per heavy atom. The van der Waals surface area contributed by atoms with Crippen LogP contribution in [0.15, 0.2) is 24.3 Å². The van der Waals surface area contributed by atoms with E-state index in [1.54, 1.807) is 34.1 Å². The molecule has 0 bridgehead atoms. The maximum Gasteiger partial charge on any atom is 0.309 e. The maximum atomic E-state index is 12.5. The highest BCUT2D eigenvalue weighted by atomic mass is 35.5. The van der Waals surface area contributed by atoms with Gasteiger partial charge < -0.3 is 19.3 Å². The molecule has 8 heteroatoms. The monoisotopic (exact) mass is 422 g/mol. The first-order chi connectivity index (χ1) is 13.8. The van der Waals surface area contributed by atoms with E-state index < -0.39 is 0 Å². The minimum Gasteiger partial charge on any atom is -0.455 e. The van der Waals surface area contributed by atoms with Crippen LogP contribution in [-0.2, 0) is 19.1 Å². The van der Waals surface area contributed by atoms with E-state index in [9.17, 15) is 14.4 Å². The zero-order valence-electron chi connectivity index (χ0n) is 16.8. The second-order valence-electron chi connectivity index (χ2n) is 7.74. The van der Waals surface area contributed by atoms with Gasteiger partial charge in [0.2, 0.25) is 0 Å². The Kier molecular flexibility index (Phi) is 7.14. The van der Waals surface area contributed by atoms with Crippen molar-refractivity contribution < 1.29 is 23.9 Å². The molecule has 7 nitrogen and oxygen atoms in total. The number of hydrogen-bond acceptors (Lipinski definition) is 5. The molecule has 0 aliphatic carbocycles. The summed E-state index contributed by atoms with van der Waals surface area (Å²) in [5.41, 5.74) is 0.579. The van der Waals surface area contributed by atoms with Crippen molar-refractivity contribution in [1.29, 1.82) is 0 Å². The van der Waals surface area contributed by atoms with E-state index in [0.717, 1.165) is 0 Å². The normalized spacial score (nSPS) is 23.0. The summed E-state index contributed by atoms with van der Waals surface area (Å²) in [4.78, 5) is 40.6. The summed E-state index contributed by atoms with van der Waals surface area (Å²) in [7, 11) is 0. The Labute approximate surface area is 175 Å². The molecule has 1 aromatic carbocycles. The van der Waals surface area contributed by atoms with Gasteiger partial charge in [0.05, 0.1) is 18.1 Å². The minimum atomic E-state index is -0.369. The van der Waals surface area contributed by atoms with Gasteiger partial charge >= 0.3 is 5.97 Å². The van der Waals surface area contributed by atoms with Gasteiger partial charge in [0.25, 0.3) is 11.8 Å². The number of esters is 1. The van der Waals surface area contributed by atoms with E-state index in [1.807, 2.05) is 13.8 Å². The molecule has 2 aliphatic rings. The quantitative estimate of drug-likeness (QED) is 0.696. The van der Waals surface area contributed by atoms with Crippen LogP contribution in [0.4, 0.5) is 0 Å². The lowest BCUT2D eigenvalue weighted by Gasteiger charge is -2.35. The summed E-state index contributed by atoms with van der Waals surface area (Å²) in [6.07, 6.45) is 0.998. The molecule has 0 unspecified atom stereocenters. The average molecular weight is 423 g/mol. The number of rotatable bonds is 4. The zero-order valence-corrected chi connectivity index (χ0v) is 17.6. The molecule has 0 N–H and O–H groups in total. The second kappa shape index (κ2) is 9.59. The number of carbonyl (C=O) groups is 3. The largest absolute Gasteiger partial charge is 0.455 e. The number of hydrogen-bond donors (Lipinski definition) is 0. The smallest absolute Gasteiger partial charge is 0.309 e. The van der Waals surface area contributed by atoms with Crippen LogP contribution in [0.25, 0.3) is 0 Å². The molecule has 0 radical (unpaired) electrons. The average Bonchev–Trinajstić information content (AvgIpc) is 2.71. The molecular formula is C21H27ClN2O5. The number of piperidine rings is 1. The fourth-order valence-electron chi connectivity index (χ4n) is 3.82.